The van der Waals surface area contributed by atoms with Gasteiger partial charge in [-0.3, -0.25) is 4.90 Å². The number of carboxylic acid groups (broad SMARTS) is 1. The number of aromatic nitrogens is 1. The summed E-state index contributed by atoms with van der Waals surface area (Å²) in [5, 5.41) is 9.01. The van der Waals surface area contributed by atoms with Crippen molar-refractivity contribution >= 4 is 11.7 Å². The third-order valence-electron chi connectivity index (χ3n) is 4.17. The third kappa shape index (κ3) is 2.56. The first-order valence-corrected chi connectivity index (χ1v) is 6.92. The van der Waals surface area contributed by atoms with E-state index in [2.05, 4.69) is 14.8 Å². The summed E-state index contributed by atoms with van der Waals surface area (Å²) in [7, 11) is 0. The van der Waals surface area contributed by atoms with Crippen LogP contribution in [0.1, 0.15) is 29.8 Å². The van der Waals surface area contributed by atoms with E-state index in [-0.39, 0.29) is 5.69 Å². The quantitative estimate of drug-likeness (QED) is 0.873. The van der Waals surface area contributed by atoms with Gasteiger partial charge in [0, 0.05) is 37.6 Å². The van der Waals surface area contributed by atoms with Gasteiger partial charge in [0.25, 0.3) is 0 Å². The molecule has 0 bridgehead atoms. The molecule has 0 aromatic carbocycles. The number of fused-ring (bicyclic) bond motifs is 1. The fraction of sp³-hybridized carbons (Fsp3) is 0.571. The molecule has 1 atom stereocenters. The first-order chi connectivity index (χ1) is 9.24. The maximum atomic E-state index is 11.0. The molecule has 0 radical (unpaired) electrons. The molecule has 1 unspecified atom stereocenters. The normalized spacial score (nSPS) is 24.0. The number of hydrogen-bond acceptors (Lipinski definition) is 4. The van der Waals surface area contributed by atoms with Crippen molar-refractivity contribution < 1.29 is 9.90 Å². The van der Waals surface area contributed by atoms with Gasteiger partial charge in [-0.15, -0.1) is 0 Å². The van der Waals surface area contributed by atoms with Gasteiger partial charge in [0.15, 0.2) is 0 Å². The number of carbonyl (C=O) groups is 1. The van der Waals surface area contributed by atoms with Gasteiger partial charge in [-0.2, -0.15) is 0 Å². The number of carboxylic acids is 1. The number of pyridine rings is 1. The molecule has 1 aromatic heterocycles. The van der Waals surface area contributed by atoms with Gasteiger partial charge in [0.2, 0.25) is 0 Å². The van der Waals surface area contributed by atoms with E-state index in [0.29, 0.717) is 6.04 Å². The molecular weight excluding hydrogens is 242 g/mol. The Kier molecular flexibility index (Phi) is 3.38. The minimum Gasteiger partial charge on any atom is -0.477 e. The van der Waals surface area contributed by atoms with Gasteiger partial charge in [-0.25, -0.2) is 9.78 Å². The monoisotopic (exact) mass is 261 g/mol. The molecular formula is C14H19N3O2. The summed E-state index contributed by atoms with van der Waals surface area (Å²) >= 11 is 0. The number of nitrogens with zero attached hydrogens (tertiary/aromatic N) is 3. The van der Waals surface area contributed by atoms with Crippen LogP contribution in [-0.4, -0.2) is 53.2 Å². The highest BCUT2D eigenvalue weighted by Crippen LogP contribution is 2.25. The zero-order chi connectivity index (χ0) is 13.2. The summed E-state index contributed by atoms with van der Waals surface area (Å²) in [4.78, 5) is 19.7. The lowest BCUT2D eigenvalue weighted by molar-refractivity contribution is 0.0690. The Labute approximate surface area is 112 Å². The van der Waals surface area contributed by atoms with Crippen LogP contribution in [0.25, 0.3) is 0 Å². The van der Waals surface area contributed by atoms with Gasteiger partial charge in [-0.1, -0.05) is 6.42 Å². The number of piperazine rings is 1. The molecule has 2 fully saturated rings. The first-order valence-electron chi connectivity index (χ1n) is 6.92. The van der Waals surface area contributed by atoms with Gasteiger partial charge < -0.3 is 10.0 Å². The van der Waals surface area contributed by atoms with E-state index in [1.807, 2.05) is 6.07 Å². The molecule has 1 N–H and O–H groups in total. The summed E-state index contributed by atoms with van der Waals surface area (Å²) in [6.45, 7) is 4.27. The van der Waals surface area contributed by atoms with E-state index in [9.17, 15) is 4.79 Å². The van der Waals surface area contributed by atoms with Crippen LogP contribution in [0.3, 0.4) is 0 Å². The zero-order valence-electron chi connectivity index (χ0n) is 11.0. The molecule has 5 heteroatoms. The molecule has 2 saturated heterocycles. The Morgan fingerprint density at radius 1 is 1.32 bits per heavy atom. The Morgan fingerprint density at radius 3 is 3.05 bits per heavy atom. The van der Waals surface area contributed by atoms with Gasteiger partial charge in [0.05, 0.1) is 0 Å². The fourth-order valence-corrected chi connectivity index (χ4v) is 3.12. The lowest BCUT2D eigenvalue weighted by Crippen LogP contribution is -2.54. The van der Waals surface area contributed by atoms with Crippen LogP contribution < -0.4 is 4.90 Å². The second-order valence-electron chi connectivity index (χ2n) is 5.34. The highest BCUT2D eigenvalue weighted by molar-refractivity contribution is 5.86. The number of rotatable bonds is 2. The molecule has 2 aliphatic rings. The van der Waals surface area contributed by atoms with Crippen molar-refractivity contribution in [3.05, 3.63) is 24.0 Å². The summed E-state index contributed by atoms with van der Waals surface area (Å²) in [6, 6.07) is 4.22. The second-order valence-corrected chi connectivity index (χ2v) is 5.34. The molecule has 3 rings (SSSR count). The zero-order valence-corrected chi connectivity index (χ0v) is 11.0. The minimum atomic E-state index is -0.960. The Balaban J connectivity index is 1.75. The molecule has 0 spiro atoms. The van der Waals surface area contributed by atoms with Crippen LogP contribution in [0.5, 0.6) is 0 Å². The van der Waals surface area contributed by atoms with Crippen LogP contribution in [0.4, 0.5) is 5.69 Å². The SMILES string of the molecule is O=C(O)c1cc(N2CCN3CCCCC3C2)ccn1. The summed E-state index contributed by atoms with van der Waals surface area (Å²) in [6.07, 6.45) is 5.47. The first kappa shape index (κ1) is 12.4. The largest absolute Gasteiger partial charge is 0.477 e. The highest BCUT2D eigenvalue weighted by atomic mass is 16.4. The summed E-state index contributed by atoms with van der Waals surface area (Å²) in [5.41, 5.74) is 1.11. The van der Waals surface area contributed by atoms with Gasteiger partial charge in [-0.05, 0) is 31.5 Å². The Morgan fingerprint density at radius 2 is 2.21 bits per heavy atom. The predicted octanol–water partition coefficient (Wildman–Crippen LogP) is 1.45. The molecule has 5 nitrogen and oxygen atoms in total. The van der Waals surface area contributed by atoms with E-state index in [4.69, 9.17) is 5.11 Å². The van der Waals surface area contributed by atoms with E-state index in [1.54, 1.807) is 12.3 Å². The fourth-order valence-electron chi connectivity index (χ4n) is 3.12. The van der Waals surface area contributed by atoms with Crippen molar-refractivity contribution in [1.29, 1.82) is 0 Å². The maximum Gasteiger partial charge on any atom is 0.354 e. The number of aromatic carboxylic acids is 1. The van der Waals surface area contributed by atoms with Crippen LogP contribution >= 0.6 is 0 Å². The van der Waals surface area contributed by atoms with Crippen molar-refractivity contribution in [2.45, 2.75) is 25.3 Å². The van der Waals surface area contributed by atoms with E-state index < -0.39 is 5.97 Å². The average molecular weight is 261 g/mol. The smallest absolute Gasteiger partial charge is 0.354 e. The van der Waals surface area contributed by atoms with E-state index in [0.717, 1.165) is 25.3 Å². The third-order valence-corrected chi connectivity index (χ3v) is 4.17. The standard InChI is InChI=1S/C14H19N3O2/c18-14(19)13-9-11(4-5-15-13)17-8-7-16-6-2-1-3-12(16)10-17/h4-5,9,12H,1-3,6-8,10H2,(H,18,19). The maximum absolute atomic E-state index is 11.0. The van der Waals surface area contributed by atoms with Crippen LogP contribution in [0.2, 0.25) is 0 Å². The topological polar surface area (TPSA) is 56.7 Å². The summed E-state index contributed by atoms with van der Waals surface area (Å²) in [5.74, 6) is -0.960. The lowest BCUT2D eigenvalue weighted by atomic mass is 9.99. The molecule has 0 saturated carbocycles. The van der Waals surface area contributed by atoms with Crippen molar-refractivity contribution in [1.82, 2.24) is 9.88 Å². The van der Waals surface area contributed by atoms with E-state index >= 15 is 0 Å². The minimum absolute atomic E-state index is 0.128. The van der Waals surface area contributed by atoms with Gasteiger partial charge in [0.1, 0.15) is 5.69 Å². The van der Waals surface area contributed by atoms with Crippen molar-refractivity contribution in [2.24, 2.45) is 0 Å². The van der Waals surface area contributed by atoms with Crippen LogP contribution in [0, 0.1) is 0 Å². The molecule has 102 valence electrons. The van der Waals surface area contributed by atoms with Crippen molar-refractivity contribution in [2.75, 3.05) is 31.1 Å². The average Bonchev–Trinajstić information content (AvgIpc) is 2.47. The summed E-state index contributed by atoms with van der Waals surface area (Å²) < 4.78 is 0. The van der Waals surface area contributed by atoms with Crippen molar-refractivity contribution in [3.63, 3.8) is 0 Å². The van der Waals surface area contributed by atoms with Crippen molar-refractivity contribution in [3.8, 4) is 0 Å². The van der Waals surface area contributed by atoms with E-state index in [1.165, 1.54) is 25.8 Å². The Bertz CT molecular complexity index is 478. The molecule has 3 heterocycles. The Hall–Kier alpha value is -1.62. The second kappa shape index (κ2) is 5.17. The molecule has 0 aliphatic carbocycles. The predicted molar refractivity (Wildman–Crippen MR) is 72.6 cm³/mol. The van der Waals surface area contributed by atoms with Crippen LogP contribution in [-0.2, 0) is 0 Å². The number of anilines is 1. The number of piperidine rings is 1. The molecule has 19 heavy (non-hydrogen) atoms. The number of hydrogen-bond donors (Lipinski definition) is 1. The van der Waals surface area contributed by atoms with Crippen LogP contribution in [0.15, 0.2) is 18.3 Å². The van der Waals surface area contributed by atoms with Gasteiger partial charge >= 0.3 is 5.97 Å². The molecule has 1 aromatic rings. The highest BCUT2D eigenvalue weighted by Gasteiger charge is 2.29. The molecule has 0 amide bonds. The lowest BCUT2D eigenvalue weighted by Gasteiger charge is -2.44. The molecule has 2 aliphatic heterocycles.